The summed E-state index contributed by atoms with van der Waals surface area (Å²) in [5.41, 5.74) is 0. The third kappa shape index (κ3) is 6.14. The Morgan fingerprint density at radius 1 is 1.33 bits per heavy atom. The third-order valence-electron chi connectivity index (χ3n) is 4.53. The second kappa shape index (κ2) is 10.2. The zero-order chi connectivity index (χ0) is 14.4. The number of thioether (sulfide) groups is 1. The fraction of sp³-hybridized carbons (Fsp3) is 0.933. The maximum Gasteiger partial charge on any atom is 0.191 e. The predicted molar refractivity (Wildman–Crippen MR) is 105 cm³/mol. The van der Waals surface area contributed by atoms with Gasteiger partial charge < -0.3 is 15.5 Å². The summed E-state index contributed by atoms with van der Waals surface area (Å²) in [6.45, 7) is 5.22. The SMILES string of the molecule is CCNC(=NCC1CCCN1C)NC1CCC(SC)C1.I. The number of nitrogens with one attached hydrogen (secondary N) is 2. The molecule has 2 aliphatic rings. The summed E-state index contributed by atoms with van der Waals surface area (Å²) in [5, 5.41) is 7.85. The predicted octanol–water partition coefficient (Wildman–Crippen LogP) is 2.54. The molecule has 1 heterocycles. The van der Waals surface area contributed by atoms with E-state index < -0.39 is 0 Å². The first-order valence-electron chi connectivity index (χ1n) is 8.00. The highest BCUT2D eigenvalue weighted by atomic mass is 127. The number of halogens is 1. The van der Waals surface area contributed by atoms with Crippen molar-refractivity contribution in [1.29, 1.82) is 0 Å². The van der Waals surface area contributed by atoms with E-state index in [9.17, 15) is 0 Å². The highest BCUT2D eigenvalue weighted by Crippen LogP contribution is 2.28. The summed E-state index contributed by atoms with van der Waals surface area (Å²) < 4.78 is 0. The van der Waals surface area contributed by atoms with E-state index in [-0.39, 0.29) is 24.0 Å². The molecule has 6 heteroatoms. The normalized spacial score (nSPS) is 30.2. The highest BCUT2D eigenvalue weighted by molar-refractivity contribution is 14.0. The van der Waals surface area contributed by atoms with Gasteiger partial charge in [0.1, 0.15) is 0 Å². The Hall–Kier alpha value is 0.310. The monoisotopic (exact) mass is 426 g/mol. The molecule has 0 aromatic heterocycles. The van der Waals surface area contributed by atoms with E-state index in [1.165, 1.54) is 38.6 Å². The third-order valence-corrected chi connectivity index (χ3v) is 5.63. The quantitative estimate of drug-likeness (QED) is 0.403. The van der Waals surface area contributed by atoms with Crippen molar-refractivity contribution in [3.05, 3.63) is 0 Å². The lowest BCUT2D eigenvalue weighted by Gasteiger charge is -2.20. The molecule has 4 nitrogen and oxygen atoms in total. The van der Waals surface area contributed by atoms with Gasteiger partial charge in [0.05, 0.1) is 6.54 Å². The average molecular weight is 426 g/mol. The zero-order valence-electron chi connectivity index (χ0n) is 13.6. The van der Waals surface area contributed by atoms with Gasteiger partial charge in [0.15, 0.2) is 5.96 Å². The molecule has 0 spiro atoms. The molecule has 2 rings (SSSR count). The molecule has 2 fully saturated rings. The van der Waals surface area contributed by atoms with E-state index in [1.807, 2.05) is 11.8 Å². The van der Waals surface area contributed by atoms with Crippen LogP contribution in [0, 0.1) is 0 Å². The van der Waals surface area contributed by atoms with Gasteiger partial charge in [0.2, 0.25) is 0 Å². The van der Waals surface area contributed by atoms with Gasteiger partial charge in [0.25, 0.3) is 0 Å². The number of nitrogens with zero attached hydrogens (tertiary/aromatic N) is 2. The minimum atomic E-state index is 0. The van der Waals surface area contributed by atoms with Gasteiger partial charge in [-0.25, -0.2) is 0 Å². The first-order chi connectivity index (χ1) is 9.72. The number of aliphatic imine (C=N–C) groups is 1. The molecular formula is C15H31IN4S. The van der Waals surface area contributed by atoms with Gasteiger partial charge in [-0.1, -0.05) is 0 Å². The molecule has 0 aromatic rings. The summed E-state index contributed by atoms with van der Waals surface area (Å²) >= 11 is 2.00. The van der Waals surface area contributed by atoms with Crippen molar-refractivity contribution in [3.8, 4) is 0 Å². The minimum Gasteiger partial charge on any atom is -0.357 e. The van der Waals surface area contributed by atoms with Crippen molar-refractivity contribution in [1.82, 2.24) is 15.5 Å². The van der Waals surface area contributed by atoms with Gasteiger partial charge >= 0.3 is 0 Å². The second-order valence-corrected chi connectivity index (χ2v) is 7.15. The van der Waals surface area contributed by atoms with Gasteiger partial charge in [-0.3, -0.25) is 4.99 Å². The lowest BCUT2D eigenvalue weighted by atomic mass is 10.2. The van der Waals surface area contributed by atoms with E-state index in [1.54, 1.807) is 0 Å². The summed E-state index contributed by atoms with van der Waals surface area (Å²) in [6, 6.07) is 1.24. The largest absolute Gasteiger partial charge is 0.357 e. The van der Waals surface area contributed by atoms with Crippen molar-refractivity contribution >= 4 is 41.7 Å². The number of likely N-dealkylation sites (N-methyl/N-ethyl adjacent to an activating group) is 1. The highest BCUT2D eigenvalue weighted by Gasteiger charge is 2.25. The van der Waals surface area contributed by atoms with Gasteiger partial charge in [0, 0.05) is 23.9 Å². The maximum atomic E-state index is 4.81. The van der Waals surface area contributed by atoms with E-state index >= 15 is 0 Å². The van der Waals surface area contributed by atoms with Crippen molar-refractivity contribution < 1.29 is 0 Å². The lowest BCUT2D eigenvalue weighted by molar-refractivity contribution is 0.317. The molecule has 124 valence electrons. The molecule has 2 N–H and O–H groups in total. The van der Waals surface area contributed by atoms with E-state index in [0.717, 1.165) is 24.3 Å². The van der Waals surface area contributed by atoms with Gasteiger partial charge in [-0.2, -0.15) is 11.8 Å². The van der Waals surface area contributed by atoms with Crippen LogP contribution in [0.15, 0.2) is 4.99 Å². The zero-order valence-corrected chi connectivity index (χ0v) is 16.7. The number of likely N-dealkylation sites (tertiary alicyclic amines) is 1. The Kier molecular flexibility index (Phi) is 9.36. The Balaban J connectivity index is 0.00000220. The first kappa shape index (κ1) is 19.4. The average Bonchev–Trinajstić information content (AvgIpc) is 3.05. The standard InChI is InChI=1S/C15H30N4S.HI/c1-4-16-15(17-11-13-6-5-9-19(13)2)18-12-7-8-14(10-12)20-3;/h12-14H,4-11H2,1-3H3,(H2,16,17,18);1H. The molecule has 1 saturated carbocycles. The summed E-state index contributed by atoms with van der Waals surface area (Å²) in [7, 11) is 2.22. The summed E-state index contributed by atoms with van der Waals surface area (Å²) in [4.78, 5) is 7.24. The number of hydrogen-bond donors (Lipinski definition) is 2. The van der Waals surface area contributed by atoms with Gasteiger partial charge in [-0.05, 0) is 58.9 Å². The molecule has 0 amide bonds. The lowest BCUT2D eigenvalue weighted by Crippen LogP contribution is -2.43. The Morgan fingerprint density at radius 2 is 2.14 bits per heavy atom. The Bertz CT molecular complexity index is 327. The topological polar surface area (TPSA) is 39.7 Å². The fourth-order valence-electron chi connectivity index (χ4n) is 3.21. The second-order valence-electron chi connectivity index (χ2n) is 6.01. The smallest absolute Gasteiger partial charge is 0.191 e. The van der Waals surface area contributed by atoms with Crippen LogP contribution in [-0.2, 0) is 0 Å². The van der Waals surface area contributed by atoms with Crippen molar-refractivity contribution in [2.75, 3.05) is 32.9 Å². The Labute approximate surface area is 151 Å². The molecule has 1 saturated heterocycles. The minimum absolute atomic E-state index is 0. The van der Waals surface area contributed by atoms with Crippen LogP contribution in [0.1, 0.15) is 39.0 Å². The first-order valence-corrected chi connectivity index (χ1v) is 9.29. The van der Waals surface area contributed by atoms with Crippen molar-refractivity contribution in [3.63, 3.8) is 0 Å². The molecule has 1 aliphatic carbocycles. The van der Waals surface area contributed by atoms with E-state index in [2.05, 4.69) is 35.8 Å². The Morgan fingerprint density at radius 3 is 2.71 bits per heavy atom. The van der Waals surface area contributed by atoms with E-state index in [4.69, 9.17) is 4.99 Å². The number of guanidine groups is 1. The van der Waals surface area contributed by atoms with Crippen LogP contribution >= 0.6 is 35.7 Å². The van der Waals surface area contributed by atoms with Crippen LogP contribution in [0.2, 0.25) is 0 Å². The molecule has 0 radical (unpaired) electrons. The fourth-order valence-corrected chi connectivity index (χ4v) is 4.00. The molecule has 21 heavy (non-hydrogen) atoms. The van der Waals surface area contributed by atoms with Crippen LogP contribution in [0.5, 0.6) is 0 Å². The molecule has 1 aliphatic heterocycles. The van der Waals surface area contributed by atoms with Crippen LogP contribution in [0.4, 0.5) is 0 Å². The van der Waals surface area contributed by atoms with Crippen LogP contribution in [0.25, 0.3) is 0 Å². The van der Waals surface area contributed by atoms with Crippen LogP contribution < -0.4 is 10.6 Å². The van der Waals surface area contributed by atoms with Crippen LogP contribution in [-0.4, -0.2) is 61.1 Å². The summed E-state index contributed by atoms with van der Waals surface area (Å²) in [5.74, 6) is 1.01. The number of hydrogen-bond acceptors (Lipinski definition) is 3. The van der Waals surface area contributed by atoms with E-state index in [0.29, 0.717) is 12.1 Å². The number of rotatable bonds is 5. The van der Waals surface area contributed by atoms with Crippen LogP contribution in [0.3, 0.4) is 0 Å². The molecule has 3 atom stereocenters. The van der Waals surface area contributed by atoms with Crippen molar-refractivity contribution in [2.45, 2.75) is 56.4 Å². The summed E-state index contributed by atoms with van der Waals surface area (Å²) in [6.07, 6.45) is 8.72. The van der Waals surface area contributed by atoms with Gasteiger partial charge in [-0.15, -0.1) is 24.0 Å². The molecular weight excluding hydrogens is 395 g/mol. The van der Waals surface area contributed by atoms with Crippen molar-refractivity contribution in [2.24, 2.45) is 4.99 Å². The molecule has 0 aromatic carbocycles. The maximum absolute atomic E-state index is 4.81. The molecule has 3 unspecified atom stereocenters. The molecule has 0 bridgehead atoms.